The fraction of sp³-hybridized carbons (Fsp3) is 0.158. The van der Waals surface area contributed by atoms with Crippen molar-refractivity contribution in [3.05, 3.63) is 63.6 Å². The zero-order chi connectivity index (χ0) is 20.5. The summed E-state index contributed by atoms with van der Waals surface area (Å²) in [6.07, 6.45) is 1.86. The normalized spacial score (nSPS) is 16.6. The quantitative estimate of drug-likeness (QED) is 0.347. The summed E-state index contributed by atoms with van der Waals surface area (Å²) in [4.78, 5) is 27.9. The number of hydrogen-bond donors (Lipinski definition) is 1. The van der Waals surface area contributed by atoms with E-state index in [4.69, 9.17) is 4.74 Å². The average molecular weight is 446 g/mol. The molecule has 0 bridgehead atoms. The maximum atomic E-state index is 13.2. The summed E-state index contributed by atoms with van der Waals surface area (Å²) < 4.78 is 5.89. The fourth-order valence-electron chi connectivity index (χ4n) is 3.06. The largest absolute Gasteiger partial charge is 0.503 e. The highest BCUT2D eigenvalue weighted by Crippen LogP contribution is 2.44. The monoisotopic (exact) mass is 445 g/mol. The van der Waals surface area contributed by atoms with Gasteiger partial charge in [0.1, 0.15) is 5.75 Å². The van der Waals surface area contributed by atoms with Crippen LogP contribution in [-0.2, 0) is 4.79 Å². The molecule has 1 amide bonds. The van der Waals surface area contributed by atoms with Gasteiger partial charge in [-0.15, -0.1) is 21.5 Å². The first kappa shape index (κ1) is 19.6. The van der Waals surface area contributed by atoms with E-state index in [1.165, 1.54) is 39.3 Å². The third kappa shape index (κ3) is 3.43. The summed E-state index contributed by atoms with van der Waals surface area (Å²) in [6.45, 7) is 0. The second kappa shape index (κ2) is 7.97. The van der Waals surface area contributed by atoms with Crippen LogP contribution in [0.3, 0.4) is 0 Å². The van der Waals surface area contributed by atoms with Crippen LogP contribution in [0.5, 0.6) is 5.75 Å². The number of ether oxygens (including phenoxy) is 1. The Hall–Kier alpha value is -2.69. The molecule has 0 aliphatic carbocycles. The molecule has 3 heterocycles. The number of anilines is 1. The molecular formula is C19H15N3O4S3. The lowest BCUT2D eigenvalue weighted by molar-refractivity contribution is -0.117. The topological polar surface area (TPSA) is 92.6 Å². The van der Waals surface area contributed by atoms with E-state index in [0.29, 0.717) is 25.7 Å². The van der Waals surface area contributed by atoms with Gasteiger partial charge in [0.2, 0.25) is 10.9 Å². The molecule has 1 N–H and O–H groups in total. The molecule has 29 heavy (non-hydrogen) atoms. The zero-order valence-electron chi connectivity index (χ0n) is 15.4. The number of carbonyl (C=O) groups is 2. The molecule has 1 aromatic carbocycles. The lowest BCUT2D eigenvalue weighted by Crippen LogP contribution is -2.31. The molecule has 0 spiro atoms. The molecule has 3 aromatic rings. The smallest absolute Gasteiger partial charge is 0.296 e. The van der Waals surface area contributed by atoms with E-state index in [9.17, 15) is 14.7 Å². The van der Waals surface area contributed by atoms with Crippen molar-refractivity contribution in [3.8, 4) is 5.75 Å². The van der Waals surface area contributed by atoms with Crippen LogP contribution in [0.15, 0.2) is 57.5 Å². The van der Waals surface area contributed by atoms with Crippen molar-refractivity contribution in [1.82, 2.24) is 10.2 Å². The van der Waals surface area contributed by atoms with Crippen LogP contribution in [0.4, 0.5) is 5.13 Å². The van der Waals surface area contributed by atoms with Crippen LogP contribution >= 0.6 is 34.4 Å². The molecule has 1 aliphatic rings. The molecule has 0 saturated heterocycles. The molecule has 4 rings (SSSR count). The lowest BCUT2D eigenvalue weighted by Gasteiger charge is -2.24. The number of aromatic nitrogens is 2. The number of carbonyl (C=O) groups excluding carboxylic acids is 2. The summed E-state index contributed by atoms with van der Waals surface area (Å²) in [5, 5.41) is 20.9. The van der Waals surface area contributed by atoms with Crippen molar-refractivity contribution in [2.75, 3.05) is 18.3 Å². The molecule has 2 aromatic heterocycles. The Labute approximate surface area is 178 Å². The number of aliphatic hydroxyl groups excluding tert-OH is 1. The summed E-state index contributed by atoms with van der Waals surface area (Å²) in [6, 6.07) is 9.62. The van der Waals surface area contributed by atoms with E-state index >= 15 is 0 Å². The molecule has 1 atom stereocenters. The number of ketones is 1. The number of thiophene rings is 1. The van der Waals surface area contributed by atoms with Gasteiger partial charge in [-0.1, -0.05) is 41.3 Å². The highest BCUT2D eigenvalue weighted by atomic mass is 32.2. The second-order valence-electron chi connectivity index (χ2n) is 5.97. The molecule has 148 valence electrons. The first-order chi connectivity index (χ1) is 14.0. The van der Waals surface area contributed by atoms with Crippen molar-refractivity contribution < 1.29 is 19.4 Å². The standard InChI is InChI=1S/C19H15N3O4S3/c1-26-11-7-5-10(6-8-11)14-13(15(23)12-4-3-9-28-12)16(24)17(25)22(14)18-20-21-19(27-2)29-18/h3-9,14,24H,1-2H3/t14-/m0/s1. The van der Waals surface area contributed by atoms with E-state index in [-0.39, 0.29) is 11.4 Å². The average Bonchev–Trinajstić information content (AvgIpc) is 3.48. The third-order valence-electron chi connectivity index (χ3n) is 4.41. The molecule has 10 heteroatoms. The van der Waals surface area contributed by atoms with Gasteiger partial charge in [0.15, 0.2) is 10.1 Å². The Morgan fingerprint density at radius 2 is 2.00 bits per heavy atom. The van der Waals surface area contributed by atoms with Gasteiger partial charge in [-0.05, 0) is 35.4 Å². The van der Waals surface area contributed by atoms with Crippen LogP contribution in [0.25, 0.3) is 0 Å². The van der Waals surface area contributed by atoms with E-state index in [0.717, 1.165) is 0 Å². The third-order valence-corrected chi connectivity index (χ3v) is 7.17. The summed E-state index contributed by atoms with van der Waals surface area (Å²) in [7, 11) is 1.56. The van der Waals surface area contributed by atoms with Gasteiger partial charge in [-0.25, -0.2) is 0 Å². The number of rotatable bonds is 6. The number of amides is 1. The number of benzene rings is 1. The fourth-order valence-corrected chi connectivity index (χ4v) is 5.02. The van der Waals surface area contributed by atoms with Crippen LogP contribution in [0.1, 0.15) is 21.3 Å². The highest BCUT2D eigenvalue weighted by molar-refractivity contribution is 8.00. The number of methoxy groups -OCH3 is 1. The minimum Gasteiger partial charge on any atom is -0.503 e. The van der Waals surface area contributed by atoms with Crippen molar-refractivity contribution in [2.45, 2.75) is 10.4 Å². The Bertz CT molecular complexity index is 1090. The van der Waals surface area contributed by atoms with Crippen LogP contribution in [-0.4, -0.2) is 40.4 Å². The van der Waals surface area contributed by atoms with Gasteiger partial charge in [0.05, 0.1) is 23.6 Å². The molecular weight excluding hydrogens is 430 g/mol. The highest BCUT2D eigenvalue weighted by Gasteiger charge is 2.46. The summed E-state index contributed by atoms with van der Waals surface area (Å²) >= 11 is 3.89. The zero-order valence-corrected chi connectivity index (χ0v) is 17.8. The van der Waals surface area contributed by atoms with Crippen molar-refractivity contribution in [3.63, 3.8) is 0 Å². The number of aliphatic hydroxyl groups is 1. The number of nitrogens with zero attached hydrogens (tertiary/aromatic N) is 3. The van der Waals surface area contributed by atoms with Crippen LogP contribution in [0.2, 0.25) is 0 Å². The van der Waals surface area contributed by atoms with Crippen molar-refractivity contribution in [2.24, 2.45) is 0 Å². The van der Waals surface area contributed by atoms with Gasteiger partial charge in [0.25, 0.3) is 5.91 Å². The lowest BCUT2D eigenvalue weighted by atomic mass is 9.95. The molecule has 7 nitrogen and oxygen atoms in total. The van der Waals surface area contributed by atoms with Crippen LogP contribution < -0.4 is 9.64 Å². The Kier molecular flexibility index (Phi) is 5.39. The maximum Gasteiger partial charge on any atom is 0.296 e. The van der Waals surface area contributed by atoms with Gasteiger partial charge in [-0.3, -0.25) is 14.5 Å². The van der Waals surface area contributed by atoms with Crippen LogP contribution in [0, 0.1) is 0 Å². The van der Waals surface area contributed by atoms with E-state index in [1.807, 2.05) is 6.26 Å². The SMILES string of the molecule is COc1ccc([C@H]2C(C(=O)c3cccs3)=C(O)C(=O)N2c2nnc(SC)s2)cc1. The molecule has 1 aliphatic heterocycles. The predicted molar refractivity (Wildman–Crippen MR) is 113 cm³/mol. The van der Waals surface area contributed by atoms with Gasteiger partial charge >= 0.3 is 0 Å². The van der Waals surface area contributed by atoms with Gasteiger partial charge in [0, 0.05) is 0 Å². The van der Waals surface area contributed by atoms with E-state index in [2.05, 4.69) is 10.2 Å². The van der Waals surface area contributed by atoms with Crippen molar-refractivity contribution >= 4 is 51.3 Å². The van der Waals surface area contributed by atoms with E-state index in [1.54, 1.807) is 48.9 Å². The first-order valence-electron chi connectivity index (χ1n) is 8.41. The number of hydrogen-bond acceptors (Lipinski definition) is 9. The van der Waals surface area contributed by atoms with Gasteiger partial charge in [-0.2, -0.15) is 0 Å². The number of thioether (sulfide) groups is 1. The molecule has 0 fully saturated rings. The number of Topliss-reactive ketones (excluding diaryl/α,β-unsaturated/α-hetero) is 1. The maximum absolute atomic E-state index is 13.2. The van der Waals surface area contributed by atoms with E-state index < -0.39 is 17.7 Å². The molecule has 0 unspecified atom stereocenters. The first-order valence-corrected chi connectivity index (χ1v) is 11.3. The van der Waals surface area contributed by atoms with Gasteiger partial charge < -0.3 is 9.84 Å². The minimum absolute atomic E-state index is 0.0310. The Morgan fingerprint density at radius 3 is 2.59 bits per heavy atom. The van der Waals surface area contributed by atoms with Crippen molar-refractivity contribution in [1.29, 1.82) is 0 Å². The Morgan fingerprint density at radius 1 is 1.24 bits per heavy atom. The minimum atomic E-state index is -0.814. The summed E-state index contributed by atoms with van der Waals surface area (Å²) in [5.41, 5.74) is 0.688. The molecule has 0 radical (unpaired) electrons. The summed E-state index contributed by atoms with van der Waals surface area (Å²) in [5.74, 6) is -0.979. The molecule has 0 saturated carbocycles. The Balaban J connectivity index is 1.85. The second-order valence-corrected chi connectivity index (χ2v) is 8.93. The predicted octanol–water partition coefficient (Wildman–Crippen LogP) is 4.11.